The third kappa shape index (κ3) is 7.75. The topological polar surface area (TPSA) is 0 Å². The Labute approximate surface area is 239 Å². The van der Waals surface area contributed by atoms with Gasteiger partial charge < -0.3 is 0 Å². The number of benzene rings is 3. The Morgan fingerprint density at radius 3 is 0.860 bits per heavy atom. The van der Waals surface area contributed by atoms with Crippen molar-refractivity contribution in [1.29, 1.82) is 0 Å². The summed E-state index contributed by atoms with van der Waals surface area (Å²) in [5.74, 6) is 0. The van der Waals surface area contributed by atoms with Crippen LogP contribution in [0.2, 0.25) is 0 Å². The predicted octanol–water partition coefficient (Wildman–Crippen LogP) is 7.94. The second-order valence-corrected chi connectivity index (χ2v) is 8.35. The van der Waals surface area contributed by atoms with Gasteiger partial charge in [0.05, 0.1) is 0 Å². The monoisotopic (exact) mass is 644 g/mol. The Bertz CT molecular complexity index is 1370. The molecule has 0 aliphatic rings. The van der Waals surface area contributed by atoms with Gasteiger partial charge in [0.15, 0.2) is 0 Å². The van der Waals surface area contributed by atoms with Crippen LogP contribution >= 0.6 is 0 Å². The van der Waals surface area contributed by atoms with E-state index in [1.807, 2.05) is 0 Å². The molecule has 0 aromatic heterocycles. The summed E-state index contributed by atoms with van der Waals surface area (Å²) in [5.41, 5.74) is -22.9. The van der Waals surface area contributed by atoms with Gasteiger partial charge in [-0.1, -0.05) is 47.5 Å². The standard InChI is InChI=1S/C24H7F18.Li/c25-19(26,27)9-1-3-15(21(31,32)33)11(5-9)13-7-14(18(24(40,41)42)8-17(13)23(37,38)39)12-6-10(20(28,29)30)2-4-16(12)22(34,35)36;/h1-6,8H;/q-1;+1. The van der Waals surface area contributed by atoms with E-state index in [1.165, 1.54) is 0 Å². The third-order valence-corrected chi connectivity index (χ3v) is 5.53. The Morgan fingerprint density at radius 1 is 0.349 bits per heavy atom. The van der Waals surface area contributed by atoms with E-state index < -0.39 is 111 Å². The summed E-state index contributed by atoms with van der Waals surface area (Å²) in [6.07, 6.45) is -34.9. The van der Waals surface area contributed by atoms with E-state index in [9.17, 15) is 79.0 Å². The molecule has 0 saturated heterocycles. The molecule has 0 unspecified atom stereocenters. The van der Waals surface area contributed by atoms with Gasteiger partial charge in [0.25, 0.3) is 0 Å². The van der Waals surface area contributed by atoms with Crippen LogP contribution in [0.15, 0.2) is 42.5 Å². The van der Waals surface area contributed by atoms with Crippen molar-refractivity contribution in [2.75, 3.05) is 0 Å². The third-order valence-electron chi connectivity index (χ3n) is 5.53. The van der Waals surface area contributed by atoms with Crippen LogP contribution in [-0.2, 0) is 37.1 Å². The number of rotatable bonds is 2. The second kappa shape index (κ2) is 11.2. The molecule has 0 nitrogen and oxygen atoms in total. The number of hydrogen-bond acceptors (Lipinski definition) is 0. The van der Waals surface area contributed by atoms with E-state index in [-0.39, 0.29) is 43.1 Å². The molecule has 0 bridgehead atoms. The molecule has 43 heavy (non-hydrogen) atoms. The summed E-state index contributed by atoms with van der Waals surface area (Å²) in [6, 6.07) is -2.33. The molecule has 0 saturated carbocycles. The fraction of sp³-hybridized carbons (Fsp3) is 0.250. The Balaban J connectivity index is 0.00000645. The number of hydrogen-bond donors (Lipinski definition) is 0. The Morgan fingerprint density at radius 2 is 0.628 bits per heavy atom. The van der Waals surface area contributed by atoms with Gasteiger partial charge in [0, 0.05) is 22.3 Å². The molecule has 0 fully saturated rings. The summed E-state index contributed by atoms with van der Waals surface area (Å²) >= 11 is 0. The first kappa shape index (κ1) is 36.2. The quantitative estimate of drug-likeness (QED) is 0.151. The van der Waals surface area contributed by atoms with Crippen LogP contribution in [0.3, 0.4) is 0 Å². The van der Waals surface area contributed by atoms with Gasteiger partial charge in [-0.15, -0.1) is 23.3 Å². The van der Waals surface area contributed by atoms with E-state index in [4.69, 9.17) is 0 Å². The molecule has 3 aromatic rings. The molecule has 0 N–H and O–H groups in total. The molecule has 0 spiro atoms. The van der Waals surface area contributed by atoms with E-state index in [1.54, 1.807) is 0 Å². The Kier molecular flexibility index (Phi) is 9.40. The predicted molar refractivity (Wildman–Crippen MR) is 106 cm³/mol. The first-order chi connectivity index (χ1) is 18.6. The molecule has 230 valence electrons. The second-order valence-electron chi connectivity index (χ2n) is 8.35. The average molecular weight is 644 g/mol. The van der Waals surface area contributed by atoms with Crippen molar-refractivity contribution in [3.05, 3.63) is 81.9 Å². The van der Waals surface area contributed by atoms with E-state index in [2.05, 4.69) is 0 Å². The first-order valence-corrected chi connectivity index (χ1v) is 10.5. The van der Waals surface area contributed by atoms with E-state index >= 15 is 0 Å². The molecule has 3 rings (SSSR count). The summed E-state index contributed by atoms with van der Waals surface area (Å²) < 4.78 is 245. The molecule has 0 aliphatic carbocycles. The van der Waals surface area contributed by atoms with E-state index in [0.29, 0.717) is 0 Å². The zero-order chi connectivity index (χ0) is 32.4. The van der Waals surface area contributed by atoms with Gasteiger partial charge in [0.2, 0.25) is 0 Å². The largest absolute Gasteiger partial charge is 1.00 e. The normalized spacial score (nSPS) is 13.6. The molecule has 3 aromatic carbocycles. The molecule has 0 amide bonds. The first-order valence-electron chi connectivity index (χ1n) is 10.5. The van der Waals surface area contributed by atoms with Crippen molar-refractivity contribution < 1.29 is 97.9 Å². The maximum atomic E-state index is 13.9. The molecular formula is C24H7F18Li. The molecule has 0 radical (unpaired) electrons. The molecular weight excluding hydrogens is 637 g/mol. The molecule has 0 atom stereocenters. The maximum Gasteiger partial charge on any atom is 1.00 e. The Hall–Kier alpha value is -3.00. The summed E-state index contributed by atoms with van der Waals surface area (Å²) in [5, 5.41) is 0. The number of alkyl halides is 18. The van der Waals surface area contributed by atoms with Gasteiger partial charge in [-0.05, 0) is 11.1 Å². The van der Waals surface area contributed by atoms with Crippen molar-refractivity contribution in [3.63, 3.8) is 0 Å². The van der Waals surface area contributed by atoms with Crippen LogP contribution in [0.4, 0.5) is 79.0 Å². The van der Waals surface area contributed by atoms with Crippen LogP contribution < -0.4 is 18.9 Å². The minimum absolute atomic E-state index is 0. The van der Waals surface area contributed by atoms with Gasteiger partial charge in [-0.3, -0.25) is 0 Å². The summed E-state index contributed by atoms with van der Waals surface area (Å²) in [7, 11) is 0. The minimum Gasteiger partial charge on any atom is -0.174 e. The van der Waals surface area contributed by atoms with Crippen molar-refractivity contribution in [3.8, 4) is 22.3 Å². The van der Waals surface area contributed by atoms with Crippen molar-refractivity contribution in [1.82, 2.24) is 0 Å². The zero-order valence-electron chi connectivity index (χ0n) is 20.3. The average Bonchev–Trinajstić information content (AvgIpc) is 2.79. The minimum atomic E-state index is -6.10. The number of halogens is 18. The SMILES string of the molecule is FC(F)(F)c1ccc(C(F)(F)F)c(-c2[c-]c(-c3cc(C(F)(F)F)ccc3C(F)(F)F)c(C(F)(F)F)cc2C(F)(F)F)c1.[Li+]. The van der Waals surface area contributed by atoms with Crippen LogP contribution in [0.25, 0.3) is 22.3 Å². The van der Waals surface area contributed by atoms with Crippen molar-refractivity contribution >= 4 is 0 Å². The zero-order valence-corrected chi connectivity index (χ0v) is 20.3. The van der Waals surface area contributed by atoms with E-state index in [0.717, 1.165) is 6.07 Å². The molecule has 0 aliphatic heterocycles. The maximum absolute atomic E-state index is 13.9. The van der Waals surface area contributed by atoms with Gasteiger partial charge in [0.1, 0.15) is 0 Å². The smallest absolute Gasteiger partial charge is 0.174 e. The van der Waals surface area contributed by atoms with Crippen molar-refractivity contribution in [2.24, 2.45) is 0 Å². The summed E-state index contributed by atoms with van der Waals surface area (Å²) in [4.78, 5) is 0. The summed E-state index contributed by atoms with van der Waals surface area (Å²) in [6.45, 7) is 0. The van der Waals surface area contributed by atoms with Crippen LogP contribution in [0.1, 0.15) is 33.4 Å². The van der Waals surface area contributed by atoms with Gasteiger partial charge in [-0.25, -0.2) is 0 Å². The van der Waals surface area contributed by atoms with Crippen LogP contribution in [0, 0.1) is 6.07 Å². The van der Waals surface area contributed by atoms with Gasteiger partial charge >= 0.3 is 55.9 Å². The fourth-order valence-corrected chi connectivity index (χ4v) is 3.77. The molecule has 19 heteroatoms. The van der Waals surface area contributed by atoms with Crippen molar-refractivity contribution in [2.45, 2.75) is 37.1 Å². The van der Waals surface area contributed by atoms with Gasteiger partial charge in [-0.2, -0.15) is 79.0 Å². The fourth-order valence-electron chi connectivity index (χ4n) is 3.77. The van der Waals surface area contributed by atoms with Crippen LogP contribution in [0.5, 0.6) is 0 Å². The van der Waals surface area contributed by atoms with Crippen LogP contribution in [-0.4, -0.2) is 0 Å². The molecule has 0 heterocycles.